The molecule has 0 bridgehead atoms. The average molecular weight is 553 g/mol. The molecule has 0 aliphatic heterocycles. The third-order valence-corrected chi connectivity index (χ3v) is 7.35. The number of aromatic nitrogens is 1. The summed E-state index contributed by atoms with van der Waals surface area (Å²) in [5.74, 6) is 1.32. The summed E-state index contributed by atoms with van der Waals surface area (Å²) in [7, 11) is 0. The summed E-state index contributed by atoms with van der Waals surface area (Å²) in [6.07, 6.45) is 3.21. The van der Waals surface area contributed by atoms with E-state index in [0.717, 1.165) is 61.5 Å². The largest absolute Gasteiger partial charge is 0.345 e. The first-order valence-corrected chi connectivity index (χ1v) is 14.6. The van der Waals surface area contributed by atoms with Crippen LogP contribution in [0.15, 0.2) is 60.8 Å². The van der Waals surface area contributed by atoms with Crippen LogP contribution in [0.1, 0.15) is 56.5 Å². The van der Waals surface area contributed by atoms with Gasteiger partial charge >= 0.3 is 0 Å². The van der Waals surface area contributed by atoms with E-state index in [1.807, 2.05) is 12.1 Å². The van der Waals surface area contributed by atoms with Gasteiger partial charge in [0.2, 0.25) is 0 Å². The summed E-state index contributed by atoms with van der Waals surface area (Å²) < 4.78 is 2.30. The minimum atomic E-state index is 0.661. The monoisotopic (exact) mass is 552 g/mol. The minimum Gasteiger partial charge on any atom is -0.345 e. The van der Waals surface area contributed by atoms with Gasteiger partial charge in [-0.25, -0.2) is 0 Å². The normalized spacial score (nSPS) is 11.5. The molecule has 38 heavy (non-hydrogen) atoms. The Balaban J connectivity index is 1.74. The van der Waals surface area contributed by atoms with E-state index in [4.69, 9.17) is 23.8 Å². The average Bonchev–Trinajstić information content (AvgIpc) is 3.27. The third-order valence-electron chi connectivity index (χ3n) is 6.74. The van der Waals surface area contributed by atoms with Gasteiger partial charge in [0.15, 0.2) is 5.11 Å². The van der Waals surface area contributed by atoms with Crippen molar-refractivity contribution >= 4 is 34.6 Å². The summed E-state index contributed by atoms with van der Waals surface area (Å²) in [5.41, 5.74) is 6.06. The zero-order valence-electron chi connectivity index (χ0n) is 24.0. The van der Waals surface area contributed by atoms with Gasteiger partial charge in [0, 0.05) is 48.8 Å². The van der Waals surface area contributed by atoms with Gasteiger partial charge in [-0.3, -0.25) is 0 Å². The topological polar surface area (TPSA) is 23.4 Å². The maximum atomic E-state index is 6.10. The summed E-state index contributed by atoms with van der Waals surface area (Å²) in [6.45, 7) is 19.3. The number of hydrogen-bond donors (Lipinski definition) is 1. The van der Waals surface area contributed by atoms with E-state index >= 15 is 0 Å². The molecule has 1 aromatic heterocycles. The Kier molecular flexibility index (Phi) is 11.7. The molecule has 206 valence electrons. The zero-order valence-corrected chi connectivity index (χ0v) is 25.6. The molecular formula is C32H45ClN4S. The SMILES string of the molecule is Cc1ccc(NC(=S)N(CCCN(CC(C)C)CC(C)C)Cc2cccn2Cc2ccc(Cl)cc2)cc1C. The fourth-order valence-electron chi connectivity index (χ4n) is 4.78. The van der Waals surface area contributed by atoms with Gasteiger partial charge in [0.1, 0.15) is 0 Å². The van der Waals surface area contributed by atoms with Crippen molar-refractivity contribution in [3.05, 3.63) is 88.2 Å². The quantitative estimate of drug-likeness (QED) is 0.217. The van der Waals surface area contributed by atoms with Crippen LogP contribution < -0.4 is 5.32 Å². The van der Waals surface area contributed by atoms with E-state index in [2.05, 4.69) is 110 Å². The Morgan fingerprint density at radius 2 is 1.61 bits per heavy atom. The molecule has 0 fully saturated rings. The molecule has 0 saturated heterocycles. The van der Waals surface area contributed by atoms with Crippen LogP contribution in [0.4, 0.5) is 5.69 Å². The molecule has 4 nitrogen and oxygen atoms in total. The van der Waals surface area contributed by atoms with Crippen LogP contribution in [0.25, 0.3) is 0 Å². The van der Waals surface area contributed by atoms with Crippen LogP contribution in [-0.4, -0.2) is 45.7 Å². The van der Waals surface area contributed by atoms with Crippen molar-refractivity contribution in [3.63, 3.8) is 0 Å². The number of nitrogens with zero attached hydrogens (tertiary/aromatic N) is 3. The van der Waals surface area contributed by atoms with E-state index in [1.54, 1.807) is 0 Å². The third kappa shape index (κ3) is 9.76. The molecule has 0 saturated carbocycles. The summed E-state index contributed by atoms with van der Waals surface area (Å²) >= 11 is 12.1. The van der Waals surface area contributed by atoms with E-state index < -0.39 is 0 Å². The van der Waals surface area contributed by atoms with Gasteiger partial charge in [0.05, 0.1) is 6.54 Å². The standard InChI is InChI=1S/C32H45ClN4S/c1-24(2)20-35(21-25(3)4)16-8-18-37(32(38)34-30-15-10-26(5)27(6)19-30)23-31-9-7-17-36(31)22-28-11-13-29(33)14-12-28/h7,9-15,17,19,24-25H,8,16,18,20-23H2,1-6H3,(H,34,38). The summed E-state index contributed by atoms with van der Waals surface area (Å²) in [6, 6.07) is 18.9. The van der Waals surface area contributed by atoms with Gasteiger partial charge in [-0.2, -0.15) is 0 Å². The molecule has 2 aromatic carbocycles. The number of hydrogen-bond acceptors (Lipinski definition) is 2. The highest BCUT2D eigenvalue weighted by Gasteiger charge is 2.16. The van der Waals surface area contributed by atoms with Gasteiger partial charge in [-0.05, 0) is 104 Å². The van der Waals surface area contributed by atoms with E-state index in [1.165, 1.54) is 22.4 Å². The minimum absolute atomic E-state index is 0.661. The Morgan fingerprint density at radius 1 is 0.921 bits per heavy atom. The number of halogens is 1. The smallest absolute Gasteiger partial charge is 0.173 e. The molecule has 0 aliphatic rings. The Hall–Kier alpha value is -2.34. The van der Waals surface area contributed by atoms with Crippen LogP contribution in [0, 0.1) is 25.7 Å². The number of aryl methyl sites for hydroxylation is 2. The van der Waals surface area contributed by atoms with Gasteiger partial charge in [-0.1, -0.05) is 57.5 Å². The van der Waals surface area contributed by atoms with Crippen LogP contribution in [0.2, 0.25) is 5.02 Å². The van der Waals surface area contributed by atoms with Crippen molar-refractivity contribution in [1.29, 1.82) is 0 Å². The number of nitrogens with one attached hydrogen (secondary N) is 1. The van der Waals surface area contributed by atoms with Gasteiger partial charge in [0.25, 0.3) is 0 Å². The predicted octanol–water partition coefficient (Wildman–Crippen LogP) is 8.01. The van der Waals surface area contributed by atoms with Crippen LogP contribution in [-0.2, 0) is 13.1 Å². The number of anilines is 1. The van der Waals surface area contributed by atoms with Crippen molar-refractivity contribution in [2.75, 3.05) is 31.5 Å². The lowest BCUT2D eigenvalue weighted by molar-refractivity contribution is 0.209. The molecule has 6 heteroatoms. The molecule has 3 aromatic rings. The van der Waals surface area contributed by atoms with Crippen LogP contribution in [0.3, 0.4) is 0 Å². The molecule has 0 aliphatic carbocycles. The fraction of sp³-hybridized carbons (Fsp3) is 0.469. The highest BCUT2D eigenvalue weighted by Crippen LogP contribution is 2.18. The molecule has 0 atom stereocenters. The predicted molar refractivity (Wildman–Crippen MR) is 168 cm³/mol. The molecule has 1 N–H and O–H groups in total. The maximum Gasteiger partial charge on any atom is 0.173 e. The van der Waals surface area contributed by atoms with E-state index in [0.29, 0.717) is 11.8 Å². The van der Waals surface area contributed by atoms with Crippen molar-refractivity contribution in [1.82, 2.24) is 14.4 Å². The highest BCUT2D eigenvalue weighted by atomic mass is 35.5. The number of rotatable bonds is 13. The van der Waals surface area contributed by atoms with E-state index in [-0.39, 0.29) is 0 Å². The fourth-order valence-corrected chi connectivity index (χ4v) is 5.18. The van der Waals surface area contributed by atoms with Gasteiger partial charge < -0.3 is 19.7 Å². The van der Waals surface area contributed by atoms with Crippen molar-refractivity contribution in [2.24, 2.45) is 11.8 Å². The molecule has 1 heterocycles. The number of benzene rings is 2. The Bertz CT molecular complexity index is 1140. The summed E-state index contributed by atoms with van der Waals surface area (Å²) in [5, 5.41) is 5.05. The van der Waals surface area contributed by atoms with Crippen molar-refractivity contribution in [2.45, 2.75) is 61.1 Å². The lowest BCUT2D eigenvalue weighted by Gasteiger charge is -2.30. The van der Waals surface area contributed by atoms with Crippen molar-refractivity contribution < 1.29 is 0 Å². The lowest BCUT2D eigenvalue weighted by atomic mass is 10.1. The second kappa shape index (κ2) is 14.7. The summed E-state index contributed by atoms with van der Waals surface area (Å²) in [4.78, 5) is 4.93. The van der Waals surface area contributed by atoms with Crippen LogP contribution in [0.5, 0.6) is 0 Å². The van der Waals surface area contributed by atoms with Crippen LogP contribution >= 0.6 is 23.8 Å². The molecule has 0 spiro atoms. The van der Waals surface area contributed by atoms with Crippen molar-refractivity contribution in [3.8, 4) is 0 Å². The number of thiocarbonyl (C=S) groups is 1. The first kappa shape index (κ1) is 30.2. The maximum absolute atomic E-state index is 6.10. The second-order valence-electron chi connectivity index (χ2n) is 11.3. The van der Waals surface area contributed by atoms with Gasteiger partial charge in [-0.15, -0.1) is 0 Å². The zero-order chi connectivity index (χ0) is 27.7. The molecular weight excluding hydrogens is 508 g/mol. The molecule has 0 amide bonds. The first-order chi connectivity index (χ1) is 18.1. The second-order valence-corrected chi connectivity index (χ2v) is 12.1. The highest BCUT2D eigenvalue weighted by molar-refractivity contribution is 7.80. The van der Waals surface area contributed by atoms with E-state index in [9.17, 15) is 0 Å². The molecule has 0 unspecified atom stereocenters. The Labute approximate surface area is 241 Å². The Morgan fingerprint density at radius 3 is 2.24 bits per heavy atom. The lowest BCUT2D eigenvalue weighted by Crippen LogP contribution is -2.38. The molecule has 3 rings (SSSR count). The molecule has 0 radical (unpaired) electrons. The first-order valence-electron chi connectivity index (χ1n) is 13.8.